The van der Waals surface area contributed by atoms with E-state index in [1.165, 1.54) is 0 Å². The zero-order valence-corrected chi connectivity index (χ0v) is 14.6. The average Bonchev–Trinajstić information content (AvgIpc) is 2.55. The Morgan fingerprint density at radius 2 is 2.17 bits per heavy atom. The molecule has 0 saturated heterocycles. The first-order valence-corrected chi connectivity index (χ1v) is 8.29. The van der Waals surface area contributed by atoms with Gasteiger partial charge in [-0.1, -0.05) is 0 Å². The fraction of sp³-hybridized carbons (Fsp3) is 0.688. The van der Waals surface area contributed by atoms with E-state index in [-0.39, 0.29) is 24.2 Å². The van der Waals surface area contributed by atoms with Gasteiger partial charge in [0.2, 0.25) is 11.8 Å². The highest BCUT2D eigenvalue weighted by Gasteiger charge is 2.23. The van der Waals surface area contributed by atoms with Gasteiger partial charge in [0, 0.05) is 38.9 Å². The van der Waals surface area contributed by atoms with Crippen LogP contribution in [-0.2, 0) is 4.74 Å². The highest BCUT2D eigenvalue weighted by atomic mass is 16.5. The van der Waals surface area contributed by atoms with Crippen LogP contribution in [0.1, 0.15) is 25.7 Å². The van der Waals surface area contributed by atoms with Crippen molar-refractivity contribution in [3.05, 3.63) is 12.3 Å². The lowest BCUT2D eigenvalue weighted by atomic mass is 9.95. The summed E-state index contributed by atoms with van der Waals surface area (Å²) >= 11 is 0. The molecule has 1 fully saturated rings. The van der Waals surface area contributed by atoms with Crippen LogP contribution in [0.25, 0.3) is 0 Å². The van der Waals surface area contributed by atoms with Crippen LogP contribution in [0.3, 0.4) is 0 Å². The van der Waals surface area contributed by atoms with E-state index in [1.54, 1.807) is 19.4 Å². The number of anilines is 1. The molecule has 1 saturated carbocycles. The predicted octanol–water partition coefficient (Wildman–Crippen LogP) is 1.50. The number of hydrogen-bond donors (Lipinski definition) is 2. The zero-order valence-electron chi connectivity index (χ0n) is 14.6. The quantitative estimate of drug-likeness (QED) is 0.784. The predicted molar refractivity (Wildman–Crippen MR) is 91.3 cm³/mol. The Hall–Kier alpha value is -1.93. The number of urea groups is 1. The second-order valence-electron chi connectivity index (χ2n) is 6.17. The second kappa shape index (κ2) is 9.39. The zero-order chi connectivity index (χ0) is 17.4. The molecule has 8 nitrogen and oxygen atoms in total. The molecule has 0 spiro atoms. The largest absolute Gasteiger partial charge is 0.474 e. The molecule has 2 rings (SSSR count). The molecule has 1 aliphatic rings. The van der Waals surface area contributed by atoms with Crippen molar-refractivity contribution in [1.29, 1.82) is 0 Å². The van der Waals surface area contributed by atoms with Crippen molar-refractivity contribution < 1.29 is 14.3 Å². The lowest BCUT2D eigenvalue weighted by molar-refractivity contribution is 0.0195. The summed E-state index contributed by atoms with van der Waals surface area (Å²) in [5.74, 6) is 0.698. The molecule has 8 heteroatoms. The molecule has 0 radical (unpaired) electrons. The number of carbonyl (C=O) groups excluding carboxylic acids is 1. The Labute approximate surface area is 142 Å². The molecule has 2 atom stereocenters. The first-order valence-electron chi connectivity index (χ1n) is 8.29. The fourth-order valence-corrected chi connectivity index (χ4v) is 2.60. The lowest BCUT2D eigenvalue weighted by Gasteiger charge is -2.28. The number of rotatable bonds is 7. The summed E-state index contributed by atoms with van der Waals surface area (Å²) in [4.78, 5) is 22.1. The highest BCUT2D eigenvalue weighted by Crippen LogP contribution is 2.24. The summed E-state index contributed by atoms with van der Waals surface area (Å²) in [7, 11) is 5.63. The third-order valence-corrected chi connectivity index (χ3v) is 3.90. The van der Waals surface area contributed by atoms with Crippen LogP contribution in [0.15, 0.2) is 12.3 Å². The van der Waals surface area contributed by atoms with Gasteiger partial charge in [-0.25, -0.2) is 9.78 Å². The normalized spacial score (nSPS) is 20.7. The van der Waals surface area contributed by atoms with E-state index in [1.807, 2.05) is 19.0 Å². The fourth-order valence-electron chi connectivity index (χ4n) is 2.60. The van der Waals surface area contributed by atoms with Crippen LogP contribution in [-0.4, -0.2) is 67.4 Å². The number of nitrogens with one attached hydrogen (secondary N) is 2. The number of amides is 2. The average molecular weight is 337 g/mol. The van der Waals surface area contributed by atoms with Crippen molar-refractivity contribution in [3.8, 4) is 5.88 Å². The summed E-state index contributed by atoms with van der Waals surface area (Å²) in [6.07, 6.45) is 5.89. The van der Waals surface area contributed by atoms with Gasteiger partial charge in [0.25, 0.3) is 0 Å². The lowest BCUT2D eigenvalue weighted by Crippen LogP contribution is -2.35. The number of nitrogens with zero attached hydrogens (tertiary/aromatic N) is 3. The van der Waals surface area contributed by atoms with E-state index < -0.39 is 0 Å². The Morgan fingerprint density at radius 3 is 2.92 bits per heavy atom. The summed E-state index contributed by atoms with van der Waals surface area (Å²) in [5, 5.41) is 5.37. The maximum absolute atomic E-state index is 11.8. The molecular formula is C16H27N5O3. The van der Waals surface area contributed by atoms with Crippen molar-refractivity contribution in [2.45, 2.75) is 37.9 Å². The van der Waals surface area contributed by atoms with Crippen molar-refractivity contribution >= 4 is 12.0 Å². The van der Waals surface area contributed by atoms with Gasteiger partial charge in [0.15, 0.2) is 0 Å². The van der Waals surface area contributed by atoms with Crippen LogP contribution < -0.4 is 15.4 Å². The number of methoxy groups -OCH3 is 1. The minimum Gasteiger partial charge on any atom is -0.474 e. The SMILES string of the molecule is COC1CCCC(Oc2ccnc(NC(=O)NCCN(C)C)n2)C1. The standard InChI is InChI=1S/C16H27N5O3/c1-21(2)10-9-18-16(22)20-15-17-8-7-14(19-15)24-13-6-4-5-12(11-13)23-3/h7-8,12-13H,4-6,9-11H2,1-3H3,(H2,17,18,19,20,22). The molecular weight excluding hydrogens is 310 g/mol. The summed E-state index contributed by atoms with van der Waals surface area (Å²) in [6, 6.07) is 1.37. The molecule has 1 heterocycles. The van der Waals surface area contributed by atoms with Gasteiger partial charge in [0.1, 0.15) is 6.10 Å². The van der Waals surface area contributed by atoms with Crippen molar-refractivity contribution in [2.24, 2.45) is 0 Å². The Kier molecular flexibility index (Phi) is 7.20. The van der Waals surface area contributed by atoms with Gasteiger partial charge in [-0.2, -0.15) is 4.98 Å². The van der Waals surface area contributed by atoms with Gasteiger partial charge < -0.3 is 19.7 Å². The number of hydrogen-bond acceptors (Lipinski definition) is 6. The van der Waals surface area contributed by atoms with Crippen molar-refractivity contribution in [3.63, 3.8) is 0 Å². The summed E-state index contributed by atoms with van der Waals surface area (Å²) < 4.78 is 11.3. The molecule has 0 aromatic carbocycles. The van der Waals surface area contributed by atoms with Gasteiger partial charge in [-0.3, -0.25) is 5.32 Å². The molecule has 0 bridgehead atoms. The van der Waals surface area contributed by atoms with E-state index in [9.17, 15) is 4.79 Å². The van der Waals surface area contributed by atoms with Gasteiger partial charge in [-0.05, 0) is 33.4 Å². The van der Waals surface area contributed by atoms with E-state index >= 15 is 0 Å². The molecule has 1 aliphatic carbocycles. The minimum absolute atomic E-state index is 0.0837. The van der Waals surface area contributed by atoms with Crippen LogP contribution in [0.2, 0.25) is 0 Å². The number of likely N-dealkylation sites (N-methyl/N-ethyl adjacent to an activating group) is 1. The number of ether oxygens (including phenoxy) is 2. The monoisotopic (exact) mass is 337 g/mol. The molecule has 0 aliphatic heterocycles. The molecule has 1 aromatic heterocycles. The maximum atomic E-state index is 11.8. The third-order valence-electron chi connectivity index (χ3n) is 3.90. The first kappa shape index (κ1) is 18.4. The molecule has 134 valence electrons. The smallest absolute Gasteiger partial charge is 0.321 e. The second-order valence-corrected chi connectivity index (χ2v) is 6.17. The summed E-state index contributed by atoms with van der Waals surface area (Å²) in [6.45, 7) is 1.31. The number of carbonyl (C=O) groups is 1. The van der Waals surface area contributed by atoms with Crippen LogP contribution >= 0.6 is 0 Å². The molecule has 2 N–H and O–H groups in total. The first-order chi connectivity index (χ1) is 11.6. The van der Waals surface area contributed by atoms with E-state index in [4.69, 9.17) is 9.47 Å². The molecule has 2 unspecified atom stereocenters. The highest BCUT2D eigenvalue weighted by molar-refractivity contribution is 5.87. The van der Waals surface area contributed by atoms with Crippen LogP contribution in [0, 0.1) is 0 Å². The van der Waals surface area contributed by atoms with Crippen LogP contribution in [0.4, 0.5) is 10.7 Å². The maximum Gasteiger partial charge on any atom is 0.321 e. The van der Waals surface area contributed by atoms with E-state index in [0.717, 1.165) is 32.2 Å². The Morgan fingerprint density at radius 1 is 1.38 bits per heavy atom. The topological polar surface area (TPSA) is 88.6 Å². The number of aromatic nitrogens is 2. The van der Waals surface area contributed by atoms with Gasteiger partial charge in [0.05, 0.1) is 6.10 Å². The summed E-state index contributed by atoms with van der Waals surface area (Å²) in [5.41, 5.74) is 0. The molecule has 1 aromatic rings. The van der Waals surface area contributed by atoms with E-state index in [2.05, 4.69) is 20.6 Å². The Balaban J connectivity index is 1.83. The van der Waals surface area contributed by atoms with Gasteiger partial charge >= 0.3 is 6.03 Å². The molecule has 2 amide bonds. The van der Waals surface area contributed by atoms with Crippen molar-refractivity contribution in [1.82, 2.24) is 20.2 Å². The minimum atomic E-state index is -0.328. The van der Waals surface area contributed by atoms with Crippen LogP contribution in [0.5, 0.6) is 5.88 Å². The Bertz CT molecular complexity index is 526. The molecule has 24 heavy (non-hydrogen) atoms. The van der Waals surface area contributed by atoms with Crippen molar-refractivity contribution in [2.75, 3.05) is 39.6 Å². The third kappa shape index (κ3) is 6.29. The van der Waals surface area contributed by atoms with E-state index in [0.29, 0.717) is 12.4 Å². The van der Waals surface area contributed by atoms with Gasteiger partial charge in [-0.15, -0.1) is 0 Å².